The van der Waals surface area contributed by atoms with Gasteiger partial charge in [0.15, 0.2) is 5.03 Å². The van der Waals surface area contributed by atoms with E-state index < -0.39 is 21.2 Å². The van der Waals surface area contributed by atoms with Crippen LogP contribution < -0.4 is 0 Å². The van der Waals surface area contributed by atoms with E-state index in [0.717, 1.165) is 0 Å². The zero-order valence-electron chi connectivity index (χ0n) is 12.6. The molecule has 1 spiro atoms. The fourth-order valence-electron chi connectivity index (χ4n) is 3.16. The highest BCUT2D eigenvalue weighted by molar-refractivity contribution is 7.89. The molecular formula is C13H21N3O4S. The maximum atomic E-state index is 12.9. The molecule has 1 aromatic heterocycles. The van der Waals surface area contributed by atoms with Gasteiger partial charge in [0.1, 0.15) is 5.60 Å². The highest BCUT2D eigenvalue weighted by atomic mass is 32.2. The third-order valence-corrected chi connectivity index (χ3v) is 5.83. The van der Waals surface area contributed by atoms with Crippen LogP contribution in [0.15, 0.2) is 17.3 Å². The van der Waals surface area contributed by atoms with Crippen molar-refractivity contribution in [1.82, 2.24) is 14.1 Å². The summed E-state index contributed by atoms with van der Waals surface area (Å²) in [6, 6.07) is 1.52. The van der Waals surface area contributed by atoms with Crippen LogP contribution in [0, 0.1) is 0 Å². The number of sulfonamides is 1. The van der Waals surface area contributed by atoms with Gasteiger partial charge >= 0.3 is 0 Å². The number of aromatic nitrogens is 2. The summed E-state index contributed by atoms with van der Waals surface area (Å²) < 4.78 is 40.2. The van der Waals surface area contributed by atoms with Crippen molar-refractivity contribution in [2.45, 2.75) is 36.5 Å². The van der Waals surface area contributed by atoms with Crippen LogP contribution in [0.2, 0.25) is 0 Å². The monoisotopic (exact) mass is 315 g/mol. The summed E-state index contributed by atoms with van der Waals surface area (Å²) >= 11 is 0. The maximum Gasteiger partial charge on any atom is 0.260 e. The van der Waals surface area contributed by atoms with Crippen molar-refractivity contribution in [3.8, 4) is 0 Å². The second-order valence-corrected chi connectivity index (χ2v) is 8.30. The van der Waals surface area contributed by atoms with Crippen LogP contribution in [0.5, 0.6) is 0 Å². The molecule has 2 saturated heterocycles. The van der Waals surface area contributed by atoms with E-state index in [4.69, 9.17) is 9.47 Å². The summed E-state index contributed by atoms with van der Waals surface area (Å²) in [7, 11) is -1.95. The number of rotatable bonds is 2. The fourth-order valence-corrected chi connectivity index (χ4v) is 4.93. The van der Waals surface area contributed by atoms with Gasteiger partial charge in [-0.15, -0.1) is 0 Å². The molecule has 1 aromatic rings. The van der Waals surface area contributed by atoms with E-state index in [1.54, 1.807) is 7.05 Å². The third-order valence-electron chi connectivity index (χ3n) is 3.96. The molecule has 3 heterocycles. The molecule has 0 amide bonds. The van der Waals surface area contributed by atoms with E-state index in [1.807, 2.05) is 13.8 Å². The van der Waals surface area contributed by atoms with Gasteiger partial charge in [0.05, 0.1) is 18.4 Å². The number of hydrogen-bond donors (Lipinski definition) is 0. The average Bonchev–Trinajstić information content (AvgIpc) is 2.97. The molecule has 2 fully saturated rings. The molecule has 7 nitrogen and oxygen atoms in total. The predicted molar refractivity (Wildman–Crippen MR) is 75.3 cm³/mol. The van der Waals surface area contributed by atoms with Crippen LogP contribution in [-0.4, -0.2) is 60.0 Å². The van der Waals surface area contributed by atoms with Gasteiger partial charge < -0.3 is 9.47 Å². The van der Waals surface area contributed by atoms with Crippen LogP contribution in [-0.2, 0) is 26.5 Å². The SMILES string of the molecule is Cn1nccc1S(=O)(=O)N1CC(C)(C)OC2(CCOC2)C1. The molecule has 2 aliphatic rings. The second-order valence-electron chi connectivity index (χ2n) is 6.41. The number of morpholine rings is 1. The van der Waals surface area contributed by atoms with Crippen molar-refractivity contribution >= 4 is 10.0 Å². The smallest absolute Gasteiger partial charge is 0.260 e. The van der Waals surface area contributed by atoms with E-state index in [2.05, 4.69) is 5.10 Å². The summed E-state index contributed by atoms with van der Waals surface area (Å²) in [5.41, 5.74) is -1.08. The Bertz CT molecular complexity index is 632. The maximum absolute atomic E-state index is 12.9. The van der Waals surface area contributed by atoms with Crippen LogP contribution in [0.25, 0.3) is 0 Å². The molecule has 118 valence electrons. The lowest BCUT2D eigenvalue weighted by atomic mass is 9.97. The predicted octanol–water partition coefficient (Wildman–Crippen LogP) is 0.379. The first-order valence-corrected chi connectivity index (χ1v) is 8.44. The minimum atomic E-state index is -3.59. The van der Waals surface area contributed by atoms with Crippen LogP contribution >= 0.6 is 0 Å². The van der Waals surface area contributed by atoms with Gasteiger partial charge in [-0.1, -0.05) is 0 Å². The largest absolute Gasteiger partial charge is 0.378 e. The molecule has 0 saturated carbocycles. The van der Waals surface area contributed by atoms with E-state index in [9.17, 15) is 8.42 Å². The Morgan fingerprint density at radius 1 is 1.33 bits per heavy atom. The van der Waals surface area contributed by atoms with Crippen molar-refractivity contribution in [1.29, 1.82) is 0 Å². The Balaban J connectivity index is 1.96. The van der Waals surface area contributed by atoms with Crippen molar-refractivity contribution in [3.63, 3.8) is 0 Å². The summed E-state index contributed by atoms with van der Waals surface area (Å²) in [6.45, 7) is 5.52. The molecule has 2 aliphatic heterocycles. The third kappa shape index (κ3) is 2.61. The Hall–Kier alpha value is -0.960. The first-order chi connectivity index (χ1) is 9.74. The molecule has 0 radical (unpaired) electrons. The van der Waals surface area contributed by atoms with Crippen LogP contribution in [0.1, 0.15) is 20.3 Å². The molecule has 8 heteroatoms. The van der Waals surface area contributed by atoms with Gasteiger partial charge in [-0.3, -0.25) is 4.68 Å². The Morgan fingerprint density at radius 3 is 2.67 bits per heavy atom. The highest BCUT2D eigenvalue weighted by Gasteiger charge is 2.50. The van der Waals surface area contributed by atoms with Crippen LogP contribution in [0.3, 0.4) is 0 Å². The van der Waals surface area contributed by atoms with Crippen molar-refractivity contribution in [3.05, 3.63) is 12.3 Å². The quantitative estimate of drug-likeness (QED) is 0.789. The molecule has 1 atom stereocenters. The van der Waals surface area contributed by atoms with Gasteiger partial charge in [0.2, 0.25) is 0 Å². The number of aryl methyl sites for hydroxylation is 1. The molecule has 1 unspecified atom stereocenters. The molecule has 0 aliphatic carbocycles. The summed E-state index contributed by atoms with van der Waals surface area (Å²) in [5, 5.41) is 4.16. The van der Waals surface area contributed by atoms with E-state index in [-0.39, 0.29) is 5.03 Å². The lowest BCUT2D eigenvalue weighted by Crippen LogP contribution is -2.61. The summed E-state index contributed by atoms with van der Waals surface area (Å²) in [4.78, 5) is 0. The van der Waals surface area contributed by atoms with Crippen molar-refractivity contribution in [2.75, 3.05) is 26.3 Å². The Labute approximate surface area is 124 Å². The zero-order chi connectivity index (χ0) is 15.3. The lowest BCUT2D eigenvalue weighted by molar-refractivity contribution is -0.180. The lowest BCUT2D eigenvalue weighted by Gasteiger charge is -2.47. The minimum Gasteiger partial charge on any atom is -0.378 e. The van der Waals surface area contributed by atoms with E-state index >= 15 is 0 Å². The normalized spacial score (nSPS) is 30.0. The van der Waals surface area contributed by atoms with Crippen LogP contribution in [0.4, 0.5) is 0 Å². The van der Waals surface area contributed by atoms with Gasteiger partial charge in [-0.2, -0.15) is 9.40 Å². The first kappa shape index (κ1) is 15.0. The molecule has 3 rings (SSSR count). The topological polar surface area (TPSA) is 73.7 Å². The second kappa shape index (κ2) is 4.77. The zero-order valence-corrected chi connectivity index (χ0v) is 13.4. The average molecular weight is 315 g/mol. The molecule has 0 bridgehead atoms. The van der Waals surface area contributed by atoms with Gasteiger partial charge in [0.25, 0.3) is 10.0 Å². The first-order valence-electron chi connectivity index (χ1n) is 7.00. The molecular weight excluding hydrogens is 294 g/mol. The Kier molecular flexibility index (Phi) is 3.40. The highest BCUT2D eigenvalue weighted by Crippen LogP contribution is 2.36. The van der Waals surface area contributed by atoms with Gasteiger partial charge in [0, 0.05) is 33.2 Å². The van der Waals surface area contributed by atoms with E-state index in [0.29, 0.717) is 32.7 Å². The van der Waals surface area contributed by atoms with Gasteiger partial charge in [-0.05, 0) is 19.9 Å². The molecule has 0 N–H and O–H groups in total. The Morgan fingerprint density at radius 2 is 2.10 bits per heavy atom. The summed E-state index contributed by atoms with van der Waals surface area (Å²) in [5.74, 6) is 0. The van der Waals surface area contributed by atoms with Crippen molar-refractivity contribution < 1.29 is 17.9 Å². The molecule has 0 aromatic carbocycles. The fraction of sp³-hybridized carbons (Fsp3) is 0.769. The molecule has 21 heavy (non-hydrogen) atoms. The summed E-state index contributed by atoms with van der Waals surface area (Å²) in [6.07, 6.45) is 2.21. The van der Waals surface area contributed by atoms with E-state index in [1.165, 1.54) is 21.3 Å². The van der Waals surface area contributed by atoms with Crippen molar-refractivity contribution in [2.24, 2.45) is 7.05 Å². The minimum absolute atomic E-state index is 0.203. The standard InChI is InChI=1S/C13H21N3O4S/c1-12(2)8-16(9-13(20-12)5-7-19-10-13)21(17,18)11-4-6-14-15(11)3/h4,6H,5,7-10H2,1-3H3. The number of ether oxygens (including phenoxy) is 2. The number of hydrogen-bond acceptors (Lipinski definition) is 5. The van der Waals surface area contributed by atoms with Gasteiger partial charge in [-0.25, -0.2) is 8.42 Å². The number of nitrogens with zero attached hydrogens (tertiary/aromatic N) is 3.